The number of hydrazine groups is 1. The number of pyridine rings is 1. The van der Waals surface area contributed by atoms with Crippen LogP contribution in [0.25, 0.3) is 22.2 Å². The van der Waals surface area contributed by atoms with Crippen LogP contribution in [0.5, 0.6) is 0 Å². The van der Waals surface area contributed by atoms with Gasteiger partial charge in [0.1, 0.15) is 0 Å². The van der Waals surface area contributed by atoms with Crippen LogP contribution in [-0.4, -0.2) is 10.9 Å². The summed E-state index contributed by atoms with van der Waals surface area (Å²) in [6, 6.07) is 15.4. The number of carbonyl (C=O) groups is 1. The number of aromatic nitrogens is 1. The van der Waals surface area contributed by atoms with Crippen LogP contribution >= 0.6 is 15.9 Å². The molecule has 22 heavy (non-hydrogen) atoms. The van der Waals surface area contributed by atoms with Gasteiger partial charge in [-0.15, -0.1) is 0 Å². The SMILES string of the molecule is Cc1ccc(-c2cc(C(=O)NN)c3cc(Br)ccc3n2)cc1. The van der Waals surface area contributed by atoms with E-state index in [-0.39, 0.29) is 5.91 Å². The summed E-state index contributed by atoms with van der Waals surface area (Å²) in [4.78, 5) is 16.7. The summed E-state index contributed by atoms with van der Waals surface area (Å²) in [5.41, 5.74) is 6.33. The molecule has 110 valence electrons. The lowest BCUT2D eigenvalue weighted by Crippen LogP contribution is -2.30. The van der Waals surface area contributed by atoms with E-state index in [2.05, 4.69) is 26.3 Å². The second-order valence-corrected chi connectivity index (χ2v) is 5.97. The topological polar surface area (TPSA) is 68.0 Å². The summed E-state index contributed by atoms with van der Waals surface area (Å²) in [7, 11) is 0. The van der Waals surface area contributed by atoms with Crippen molar-refractivity contribution in [3.05, 3.63) is 64.1 Å². The summed E-state index contributed by atoms with van der Waals surface area (Å²) in [5.74, 6) is 4.98. The van der Waals surface area contributed by atoms with Gasteiger partial charge in [0.15, 0.2) is 0 Å². The first kappa shape index (κ1) is 14.7. The number of nitrogen functional groups attached to an aromatic ring is 1. The van der Waals surface area contributed by atoms with Crippen LogP contribution in [0, 0.1) is 6.92 Å². The van der Waals surface area contributed by atoms with E-state index in [9.17, 15) is 4.79 Å². The Balaban J connectivity index is 2.26. The van der Waals surface area contributed by atoms with Gasteiger partial charge in [-0.2, -0.15) is 0 Å². The zero-order valence-electron chi connectivity index (χ0n) is 11.9. The number of hydrogen-bond acceptors (Lipinski definition) is 3. The number of halogens is 1. The Morgan fingerprint density at radius 3 is 2.55 bits per heavy atom. The smallest absolute Gasteiger partial charge is 0.265 e. The third-order valence-corrected chi connectivity index (χ3v) is 3.99. The molecule has 1 aromatic heterocycles. The molecule has 0 saturated carbocycles. The highest BCUT2D eigenvalue weighted by atomic mass is 79.9. The first-order valence-electron chi connectivity index (χ1n) is 6.77. The predicted molar refractivity (Wildman–Crippen MR) is 91.3 cm³/mol. The van der Waals surface area contributed by atoms with Crippen LogP contribution in [0.3, 0.4) is 0 Å². The quantitative estimate of drug-likeness (QED) is 0.419. The third kappa shape index (κ3) is 2.73. The van der Waals surface area contributed by atoms with Crippen molar-refractivity contribution in [1.82, 2.24) is 10.4 Å². The highest BCUT2D eigenvalue weighted by Gasteiger charge is 2.13. The van der Waals surface area contributed by atoms with Gasteiger partial charge in [0.2, 0.25) is 0 Å². The normalized spacial score (nSPS) is 10.7. The highest BCUT2D eigenvalue weighted by molar-refractivity contribution is 9.10. The van der Waals surface area contributed by atoms with E-state index >= 15 is 0 Å². The maximum Gasteiger partial charge on any atom is 0.265 e. The van der Waals surface area contributed by atoms with E-state index in [4.69, 9.17) is 5.84 Å². The van der Waals surface area contributed by atoms with Crippen LogP contribution in [0.15, 0.2) is 53.0 Å². The minimum Gasteiger partial charge on any atom is -0.290 e. The van der Waals surface area contributed by atoms with Gasteiger partial charge in [-0.05, 0) is 31.2 Å². The number of benzene rings is 2. The maximum absolute atomic E-state index is 12.1. The molecular formula is C17H14BrN3O. The molecule has 3 aromatic rings. The van der Waals surface area contributed by atoms with Crippen molar-refractivity contribution in [2.45, 2.75) is 6.92 Å². The number of rotatable bonds is 2. The molecule has 1 heterocycles. The first-order chi connectivity index (χ1) is 10.6. The van der Waals surface area contributed by atoms with Crippen molar-refractivity contribution in [3.63, 3.8) is 0 Å². The fraction of sp³-hybridized carbons (Fsp3) is 0.0588. The Morgan fingerprint density at radius 1 is 1.14 bits per heavy atom. The Hall–Kier alpha value is -2.24. The average molecular weight is 356 g/mol. The molecule has 0 radical (unpaired) electrons. The lowest BCUT2D eigenvalue weighted by Gasteiger charge is -2.09. The molecule has 0 bridgehead atoms. The van der Waals surface area contributed by atoms with E-state index < -0.39 is 0 Å². The molecule has 0 aliphatic carbocycles. The Bertz CT molecular complexity index is 860. The number of fused-ring (bicyclic) bond motifs is 1. The Morgan fingerprint density at radius 2 is 1.86 bits per heavy atom. The monoisotopic (exact) mass is 355 g/mol. The van der Waals surface area contributed by atoms with Gasteiger partial charge in [-0.3, -0.25) is 10.2 Å². The molecule has 2 aromatic carbocycles. The van der Waals surface area contributed by atoms with Gasteiger partial charge in [0.25, 0.3) is 5.91 Å². The van der Waals surface area contributed by atoms with E-state index in [1.165, 1.54) is 5.56 Å². The van der Waals surface area contributed by atoms with Crippen molar-refractivity contribution in [2.24, 2.45) is 5.84 Å². The van der Waals surface area contributed by atoms with E-state index in [0.717, 1.165) is 26.6 Å². The summed E-state index contributed by atoms with van der Waals surface area (Å²) >= 11 is 3.42. The number of amides is 1. The second kappa shape index (κ2) is 5.87. The zero-order chi connectivity index (χ0) is 15.7. The highest BCUT2D eigenvalue weighted by Crippen LogP contribution is 2.27. The first-order valence-corrected chi connectivity index (χ1v) is 7.56. The number of carbonyl (C=O) groups excluding carboxylic acids is 1. The van der Waals surface area contributed by atoms with Gasteiger partial charge in [-0.1, -0.05) is 45.8 Å². The molecule has 0 saturated heterocycles. The molecule has 3 rings (SSSR count). The number of aryl methyl sites for hydroxylation is 1. The molecule has 0 spiro atoms. The van der Waals surface area contributed by atoms with Crippen LogP contribution in [0.4, 0.5) is 0 Å². The largest absolute Gasteiger partial charge is 0.290 e. The fourth-order valence-corrected chi connectivity index (χ4v) is 2.70. The molecule has 3 N–H and O–H groups in total. The van der Waals surface area contributed by atoms with Gasteiger partial charge < -0.3 is 0 Å². The van der Waals surface area contributed by atoms with Crippen molar-refractivity contribution in [1.29, 1.82) is 0 Å². The van der Waals surface area contributed by atoms with E-state index in [1.807, 2.05) is 49.4 Å². The van der Waals surface area contributed by atoms with Gasteiger partial charge in [-0.25, -0.2) is 10.8 Å². The second-order valence-electron chi connectivity index (χ2n) is 5.06. The molecular weight excluding hydrogens is 342 g/mol. The Labute approximate surface area is 136 Å². The van der Waals surface area contributed by atoms with Gasteiger partial charge >= 0.3 is 0 Å². The predicted octanol–water partition coefficient (Wildman–Crippen LogP) is 3.58. The van der Waals surface area contributed by atoms with Crippen LogP contribution in [0.2, 0.25) is 0 Å². The van der Waals surface area contributed by atoms with Crippen LogP contribution in [-0.2, 0) is 0 Å². The van der Waals surface area contributed by atoms with Gasteiger partial charge in [0.05, 0.1) is 16.8 Å². The Kier molecular flexibility index (Phi) is 3.92. The van der Waals surface area contributed by atoms with E-state index in [1.54, 1.807) is 6.07 Å². The molecule has 4 nitrogen and oxygen atoms in total. The lowest BCUT2D eigenvalue weighted by atomic mass is 10.0. The molecule has 1 amide bonds. The fourth-order valence-electron chi connectivity index (χ4n) is 2.34. The average Bonchev–Trinajstić information content (AvgIpc) is 2.54. The summed E-state index contributed by atoms with van der Waals surface area (Å²) in [5, 5.41) is 0.758. The lowest BCUT2D eigenvalue weighted by molar-refractivity contribution is 0.0955. The maximum atomic E-state index is 12.1. The minimum absolute atomic E-state index is 0.334. The van der Waals surface area contributed by atoms with Crippen molar-refractivity contribution >= 4 is 32.7 Å². The number of nitrogens with two attached hydrogens (primary N) is 1. The summed E-state index contributed by atoms with van der Waals surface area (Å²) in [6.07, 6.45) is 0. The molecule has 0 aliphatic heterocycles. The molecule has 0 fully saturated rings. The number of nitrogens with zero attached hydrogens (tertiary/aromatic N) is 1. The number of nitrogens with one attached hydrogen (secondary N) is 1. The van der Waals surface area contributed by atoms with Gasteiger partial charge in [0, 0.05) is 15.4 Å². The van der Waals surface area contributed by atoms with Crippen molar-refractivity contribution in [3.8, 4) is 11.3 Å². The minimum atomic E-state index is -0.334. The molecule has 0 unspecified atom stereocenters. The molecule has 0 aliphatic rings. The van der Waals surface area contributed by atoms with Crippen molar-refractivity contribution < 1.29 is 4.79 Å². The van der Waals surface area contributed by atoms with E-state index in [0.29, 0.717) is 5.56 Å². The summed E-state index contributed by atoms with van der Waals surface area (Å²) in [6.45, 7) is 2.03. The molecule has 0 atom stereocenters. The summed E-state index contributed by atoms with van der Waals surface area (Å²) < 4.78 is 0.885. The number of hydrogen-bond donors (Lipinski definition) is 2. The van der Waals surface area contributed by atoms with Crippen molar-refractivity contribution in [2.75, 3.05) is 0 Å². The third-order valence-electron chi connectivity index (χ3n) is 3.49. The van der Waals surface area contributed by atoms with Crippen LogP contribution in [0.1, 0.15) is 15.9 Å². The standard InChI is InChI=1S/C17H14BrN3O/c1-10-2-4-11(5-3-10)16-9-14(17(22)21-19)13-8-12(18)6-7-15(13)20-16/h2-9H,19H2,1H3,(H,21,22). The molecule has 5 heteroatoms. The zero-order valence-corrected chi connectivity index (χ0v) is 13.5. The van der Waals surface area contributed by atoms with Crippen LogP contribution < -0.4 is 11.3 Å².